The van der Waals surface area contributed by atoms with Gasteiger partial charge in [0, 0.05) is 18.7 Å². The normalized spacial score (nSPS) is 21.4. The van der Waals surface area contributed by atoms with E-state index in [-0.39, 0.29) is 24.8 Å². The molecule has 0 unspecified atom stereocenters. The highest BCUT2D eigenvalue weighted by atomic mass is 35.5. The van der Waals surface area contributed by atoms with Crippen molar-refractivity contribution in [1.82, 2.24) is 10.2 Å². The Morgan fingerprint density at radius 3 is 2.76 bits per heavy atom. The Morgan fingerprint density at radius 1 is 1.20 bits per heavy atom. The number of piperidine rings is 1. The molecule has 3 aliphatic heterocycles. The van der Waals surface area contributed by atoms with Crippen molar-refractivity contribution in [2.24, 2.45) is 5.41 Å². The lowest BCUT2D eigenvalue weighted by atomic mass is 9.78. The summed E-state index contributed by atoms with van der Waals surface area (Å²) in [6.07, 6.45) is 6.31. The van der Waals surface area contributed by atoms with Gasteiger partial charge < -0.3 is 14.8 Å². The first-order chi connectivity index (χ1) is 11.3. The van der Waals surface area contributed by atoms with Crippen LogP contribution in [0.3, 0.4) is 0 Å². The van der Waals surface area contributed by atoms with Crippen molar-refractivity contribution >= 4 is 30.9 Å². The smallest absolute Gasteiger partial charge is 0.168 e. The quantitative estimate of drug-likeness (QED) is 0.862. The second-order valence-corrected chi connectivity index (χ2v) is 7.18. The lowest BCUT2D eigenvalue weighted by molar-refractivity contribution is 0.199. The summed E-state index contributed by atoms with van der Waals surface area (Å²) >= 11 is 0. The van der Waals surface area contributed by atoms with Gasteiger partial charge in [0.05, 0.1) is 7.11 Å². The average molecular weight is 387 g/mol. The number of nitrogens with zero attached hydrogens (tertiary/aromatic N) is 1. The number of hydrogen-bond donors (Lipinski definition) is 1. The first-order valence-electron chi connectivity index (χ1n) is 8.70. The van der Waals surface area contributed by atoms with Gasteiger partial charge in [-0.2, -0.15) is 0 Å². The van der Waals surface area contributed by atoms with Crippen LogP contribution in [0.1, 0.15) is 24.8 Å². The van der Waals surface area contributed by atoms with Crippen LogP contribution in [0.5, 0.6) is 11.5 Å². The predicted octanol–water partition coefficient (Wildman–Crippen LogP) is 3.39. The molecule has 1 N–H and O–H groups in total. The van der Waals surface area contributed by atoms with Gasteiger partial charge in [0.2, 0.25) is 0 Å². The number of hydrogen-bond acceptors (Lipinski definition) is 4. The number of ether oxygens (including phenoxy) is 2. The number of methoxy groups -OCH3 is 1. The highest BCUT2D eigenvalue weighted by Gasteiger charge is 2.38. The maximum Gasteiger partial charge on any atom is 0.168 e. The van der Waals surface area contributed by atoms with Crippen molar-refractivity contribution in [3.05, 3.63) is 29.3 Å². The van der Waals surface area contributed by atoms with Crippen molar-refractivity contribution in [3.63, 3.8) is 0 Å². The van der Waals surface area contributed by atoms with E-state index in [9.17, 15) is 0 Å². The standard InChI is InChI=1S/C19H26N2O2.2ClH/c1-22-17-4-2-3-16-11-15(13-23-18(16)17)12-21-10-7-19(14-21)5-8-20-9-6-19;;/h2-4,11,20H,5-10,12-14H2,1H3;2*1H. The number of rotatable bonds is 3. The summed E-state index contributed by atoms with van der Waals surface area (Å²) in [5, 5.41) is 3.49. The van der Waals surface area contributed by atoms with Crippen molar-refractivity contribution < 1.29 is 9.47 Å². The van der Waals surface area contributed by atoms with Gasteiger partial charge in [-0.1, -0.05) is 12.1 Å². The van der Waals surface area contributed by atoms with Crippen LogP contribution in [0, 0.1) is 5.41 Å². The maximum absolute atomic E-state index is 5.98. The first kappa shape index (κ1) is 20.4. The van der Waals surface area contributed by atoms with E-state index in [1.165, 1.54) is 51.0 Å². The molecule has 4 nitrogen and oxygen atoms in total. The first-order valence-corrected chi connectivity index (χ1v) is 8.70. The fourth-order valence-electron chi connectivity index (χ4n) is 4.29. The lowest BCUT2D eigenvalue weighted by Crippen LogP contribution is -2.39. The highest BCUT2D eigenvalue weighted by molar-refractivity contribution is 5.85. The Morgan fingerprint density at radius 2 is 2.00 bits per heavy atom. The van der Waals surface area contributed by atoms with E-state index in [1.807, 2.05) is 12.1 Å². The summed E-state index contributed by atoms with van der Waals surface area (Å²) in [7, 11) is 1.70. The molecule has 4 rings (SSSR count). The molecular formula is C19H28Cl2N2O2. The highest BCUT2D eigenvalue weighted by Crippen LogP contribution is 2.40. The van der Waals surface area contributed by atoms with Gasteiger partial charge in [-0.15, -0.1) is 24.8 Å². The summed E-state index contributed by atoms with van der Waals surface area (Å²) in [5.74, 6) is 1.71. The van der Waals surface area contributed by atoms with Crippen LogP contribution in [-0.4, -0.2) is 51.3 Å². The number of benzene rings is 1. The van der Waals surface area contributed by atoms with E-state index < -0.39 is 0 Å². The zero-order chi connectivity index (χ0) is 15.7. The van der Waals surface area contributed by atoms with Gasteiger partial charge in [-0.25, -0.2) is 0 Å². The van der Waals surface area contributed by atoms with Gasteiger partial charge in [0.15, 0.2) is 11.5 Å². The van der Waals surface area contributed by atoms with Crippen LogP contribution in [0.4, 0.5) is 0 Å². The molecule has 3 heterocycles. The lowest BCUT2D eigenvalue weighted by Gasteiger charge is -2.34. The van der Waals surface area contributed by atoms with Crippen LogP contribution in [0.2, 0.25) is 0 Å². The Bertz CT molecular complexity index is 615. The molecule has 1 aromatic rings. The van der Waals surface area contributed by atoms with E-state index in [2.05, 4.69) is 22.4 Å². The molecule has 140 valence electrons. The van der Waals surface area contributed by atoms with Crippen molar-refractivity contribution in [2.45, 2.75) is 19.3 Å². The molecule has 2 fully saturated rings. The molecule has 25 heavy (non-hydrogen) atoms. The largest absolute Gasteiger partial charge is 0.493 e. The van der Waals surface area contributed by atoms with Gasteiger partial charge in [-0.3, -0.25) is 4.90 Å². The fourth-order valence-corrected chi connectivity index (χ4v) is 4.29. The van der Waals surface area contributed by atoms with Crippen LogP contribution in [-0.2, 0) is 0 Å². The van der Waals surface area contributed by atoms with Crippen molar-refractivity contribution in [1.29, 1.82) is 0 Å². The van der Waals surface area contributed by atoms with Gasteiger partial charge in [0.25, 0.3) is 0 Å². The van der Waals surface area contributed by atoms with E-state index in [0.717, 1.165) is 23.6 Å². The molecule has 0 bridgehead atoms. The minimum atomic E-state index is 0. The number of likely N-dealkylation sites (tertiary alicyclic amines) is 1. The Kier molecular flexibility index (Phi) is 7.03. The Balaban J connectivity index is 0.00000113. The third-order valence-corrected chi connectivity index (χ3v) is 5.60. The summed E-state index contributed by atoms with van der Waals surface area (Å²) in [5.41, 5.74) is 3.08. The van der Waals surface area contributed by atoms with Crippen molar-refractivity contribution in [2.75, 3.05) is 46.4 Å². The number of para-hydroxylation sites is 1. The Labute approximate surface area is 162 Å². The van der Waals surface area contributed by atoms with E-state index in [4.69, 9.17) is 9.47 Å². The number of fused-ring (bicyclic) bond motifs is 1. The zero-order valence-electron chi connectivity index (χ0n) is 14.8. The van der Waals surface area contributed by atoms with E-state index in [1.54, 1.807) is 7.11 Å². The average Bonchev–Trinajstić information content (AvgIpc) is 2.96. The molecule has 0 radical (unpaired) electrons. The summed E-state index contributed by atoms with van der Waals surface area (Å²) in [6, 6.07) is 6.09. The number of nitrogens with one attached hydrogen (secondary N) is 1. The summed E-state index contributed by atoms with van der Waals surface area (Å²) in [4.78, 5) is 2.62. The van der Waals surface area contributed by atoms with Crippen LogP contribution >= 0.6 is 24.8 Å². The van der Waals surface area contributed by atoms with E-state index in [0.29, 0.717) is 12.0 Å². The minimum Gasteiger partial charge on any atom is -0.493 e. The SMILES string of the molecule is COc1cccc2c1OCC(CN1CCC3(CCNCC3)C1)=C2.Cl.Cl. The van der Waals surface area contributed by atoms with Crippen molar-refractivity contribution in [3.8, 4) is 11.5 Å². The second kappa shape index (κ2) is 8.63. The molecule has 1 spiro atoms. The van der Waals surface area contributed by atoms with Crippen LogP contribution in [0.15, 0.2) is 23.8 Å². The van der Waals surface area contributed by atoms with Crippen LogP contribution < -0.4 is 14.8 Å². The molecule has 0 atom stereocenters. The zero-order valence-corrected chi connectivity index (χ0v) is 16.4. The molecule has 0 amide bonds. The molecule has 2 saturated heterocycles. The molecule has 0 saturated carbocycles. The maximum atomic E-state index is 5.98. The molecule has 6 heteroatoms. The monoisotopic (exact) mass is 386 g/mol. The van der Waals surface area contributed by atoms with Crippen LogP contribution in [0.25, 0.3) is 6.08 Å². The van der Waals surface area contributed by atoms with E-state index >= 15 is 0 Å². The van der Waals surface area contributed by atoms with Gasteiger partial charge in [-0.05, 0) is 62.0 Å². The third-order valence-electron chi connectivity index (χ3n) is 5.60. The fraction of sp³-hybridized carbons (Fsp3) is 0.579. The molecule has 0 aliphatic carbocycles. The van der Waals surface area contributed by atoms with Gasteiger partial charge in [0.1, 0.15) is 6.61 Å². The summed E-state index contributed by atoms with van der Waals surface area (Å²) < 4.78 is 11.4. The van der Waals surface area contributed by atoms with Gasteiger partial charge >= 0.3 is 0 Å². The molecular weight excluding hydrogens is 359 g/mol. The molecule has 0 aromatic heterocycles. The Hall–Kier alpha value is -0.940. The minimum absolute atomic E-state index is 0. The molecule has 1 aromatic carbocycles. The topological polar surface area (TPSA) is 33.7 Å². The molecule has 3 aliphatic rings. The predicted molar refractivity (Wildman–Crippen MR) is 107 cm³/mol. The third kappa shape index (κ3) is 4.25. The summed E-state index contributed by atoms with van der Waals surface area (Å²) in [6.45, 7) is 6.56. The second-order valence-electron chi connectivity index (χ2n) is 7.18. The number of halogens is 2.